The molecule has 2 N–H and O–H groups in total. The van der Waals surface area contributed by atoms with Gasteiger partial charge < -0.3 is 20.3 Å². The fourth-order valence-electron chi connectivity index (χ4n) is 5.46. The maximum absolute atomic E-state index is 14.7. The highest BCUT2D eigenvalue weighted by Crippen LogP contribution is 2.32. The number of ether oxygens (including phenoxy) is 1. The van der Waals surface area contributed by atoms with Crippen LogP contribution in [0.4, 0.5) is 16.3 Å². The highest BCUT2D eigenvalue weighted by atomic mass is 19.1. The number of nitriles is 1. The lowest BCUT2D eigenvalue weighted by Crippen LogP contribution is -2.54. The number of hydrogen-bond donors (Lipinski definition) is 2. The fourth-order valence-corrected chi connectivity index (χ4v) is 5.46. The van der Waals surface area contributed by atoms with E-state index in [2.05, 4.69) is 50.4 Å². The van der Waals surface area contributed by atoms with Gasteiger partial charge in [-0.15, -0.1) is 0 Å². The predicted molar refractivity (Wildman–Crippen MR) is 141 cm³/mol. The monoisotopic (exact) mass is 513 g/mol. The Kier molecular flexibility index (Phi) is 6.04. The van der Waals surface area contributed by atoms with E-state index in [1.165, 1.54) is 6.07 Å². The SMILES string of the molecule is Cc1nc(N2CC(C)NC(C)C2)ncc1-c1cnc(NCc2c(F)ccc3c2CCO3)n2cnc(C#N)c12. The van der Waals surface area contributed by atoms with Gasteiger partial charge >= 0.3 is 0 Å². The van der Waals surface area contributed by atoms with Crippen molar-refractivity contribution in [2.24, 2.45) is 0 Å². The molecule has 2 aliphatic rings. The van der Waals surface area contributed by atoms with Crippen molar-refractivity contribution in [1.82, 2.24) is 29.7 Å². The molecule has 10 nitrogen and oxygen atoms in total. The lowest BCUT2D eigenvalue weighted by Gasteiger charge is -2.36. The number of fused-ring (bicyclic) bond motifs is 2. The van der Waals surface area contributed by atoms with Crippen LogP contribution in [0.25, 0.3) is 16.6 Å². The second kappa shape index (κ2) is 9.54. The van der Waals surface area contributed by atoms with Crippen LogP contribution in [0.1, 0.15) is 36.4 Å². The third-order valence-corrected chi connectivity index (χ3v) is 7.13. The van der Waals surface area contributed by atoms with E-state index in [1.807, 2.05) is 6.92 Å². The van der Waals surface area contributed by atoms with Crippen molar-refractivity contribution in [2.75, 3.05) is 29.9 Å². The minimum Gasteiger partial charge on any atom is -0.493 e. The molecule has 2 unspecified atom stereocenters. The molecule has 0 spiro atoms. The van der Waals surface area contributed by atoms with E-state index < -0.39 is 0 Å². The van der Waals surface area contributed by atoms with Crippen LogP contribution in [0.2, 0.25) is 0 Å². The van der Waals surface area contributed by atoms with Gasteiger partial charge in [-0.05, 0) is 32.9 Å². The van der Waals surface area contributed by atoms with E-state index in [-0.39, 0.29) is 18.1 Å². The number of aromatic nitrogens is 5. The van der Waals surface area contributed by atoms with Gasteiger partial charge in [0, 0.05) is 72.8 Å². The van der Waals surface area contributed by atoms with Gasteiger partial charge in [0.05, 0.1) is 17.8 Å². The summed E-state index contributed by atoms with van der Waals surface area (Å²) in [5, 5.41) is 16.5. The number of nitrogens with one attached hydrogen (secondary N) is 2. The van der Waals surface area contributed by atoms with E-state index in [1.54, 1.807) is 29.2 Å². The Morgan fingerprint density at radius 1 is 1.16 bits per heavy atom. The molecule has 194 valence electrons. The summed E-state index contributed by atoms with van der Waals surface area (Å²) in [5.74, 6) is 1.56. The van der Waals surface area contributed by atoms with Crippen molar-refractivity contribution in [3.05, 3.63) is 59.2 Å². The fraction of sp³-hybridized carbons (Fsp3) is 0.370. The van der Waals surface area contributed by atoms with Crippen LogP contribution < -0.4 is 20.3 Å². The summed E-state index contributed by atoms with van der Waals surface area (Å²) < 4.78 is 22.0. The number of piperazine rings is 1. The molecule has 0 aliphatic carbocycles. The van der Waals surface area contributed by atoms with Crippen molar-refractivity contribution in [3.63, 3.8) is 0 Å². The molecular formula is C27H28FN9O. The lowest BCUT2D eigenvalue weighted by molar-refractivity contribution is 0.356. The molecular weight excluding hydrogens is 485 g/mol. The predicted octanol–water partition coefficient (Wildman–Crippen LogP) is 3.24. The minimum absolute atomic E-state index is 0.220. The summed E-state index contributed by atoms with van der Waals surface area (Å²) >= 11 is 0. The van der Waals surface area contributed by atoms with Gasteiger partial charge in [-0.2, -0.15) is 5.26 Å². The number of hydrogen-bond acceptors (Lipinski definition) is 9. The first-order valence-electron chi connectivity index (χ1n) is 12.7. The van der Waals surface area contributed by atoms with Gasteiger partial charge in [0.15, 0.2) is 5.69 Å². The zero-order valence-electron chi connectivity index (χ0n) is 21.5. The Labute approximate surface area is 219 Å². The average molecular weight is 514 g/mol. The zero-order valence-corrected chi connectivity index (χ0v) is 21.5. The van der Waals surface area contributed by atoms with Crippen LogP contribution in [0.5, 0.6) is 5.75 Å². The van der Waals surface area contributed by atoms with Crippen LogP contribution in [0, 0.1) is 24.1 Å². The first-order valence-corrected chi connectivity index (χ1v) is 12.7. The Bertz CT molecular complexity index is 1570. The van der Waals surface area contributed by atoms with E-state index >= 15 is 0 Å². The standard InChI is InChI=1S/C27H28FN9O/c1-15-12-36(13-16(2)34-15)27-32-9-19(17(3)35-27)21-11-31-26(37-14-33-23(8-29)25(21)37)30-10-20-18-6-7-38-24(18)5-4-22(20)28/h4-5,9,11,14-16,34H,6-7,10,12-13H2,1-3H3,(H,30,31). The molecule has 5 heterocycles. The molecule has 1 saturated heterocycles. The number of halogens is 1. The molecule has 1 fully saturated rings. The van der Waals surface area contributed by atoms with Gasteiger partial charge in [-0.3, -0.25) is 4.40 Å². The van der Waals surface area contributed by atoms with E-state index in [0.29, 0.717) is 53.7 Å². The minimum atomic E-state index is -0.293. The van der Waals surface area contributed by atoms with E-state index in [0.717, 1.165) is 35.7 Å². The first-order chi connectivity index (χ1) is 18.4. The summed E-state index contributed by atoms with van der Waals surface area (Å²) in [5.41, 5.74) is 4.54. The van der Waals surface area contributed by atoms with Crippen molar-refractivity contribution >= 4 is 17.4 Å². The van der Waals surface area contributed by atoms with Crippen molar-refractivity contribution in [1.29, 1.82) is 5.26 Å². The molecule has 6 rings (SSSR count). The van der Waals surface area contributed by atoms with E-state index in [9.17, 15) is 9.65 Å². The van der Waals surface area contributed by atoms with Crippen molar-refractivity contribution < 1.29 is 9.13 Å². The topological polar surface area (TPSA) is 116 Å². The summed E-state index contributed by atoms with van der Waals surface area (Å²) in [6, 6.07) is 5.95. The number of imidazole rings is 1. The Morgan fingerprint density at radius 3 is 2.71 bits per heavy atom. The Hall–Kier alpha value is -4.30. The zero-order chi connectivity index (χ0) is 26.4. The summed E-state index contributed by atoms with van der Waals surface area (Å²) in [6.45, 7) is 8.65. The van der Waals surface area contributed by atoms with Gasteiger partial charge in [0.1, 0.15) is 24.0 Å². The molecule has 4 aromatic rings. The summed E-state index contributed by atoms with van der Waals surface area (Å²) in [4.78, 5) is 20.6. The molecule has 0 bridgehead atoms. The first kappa shape index (κ1) is 24.1. The Morgan fingerprint density at radius 2 is 1.95 bits per heavy atom. The van der Waals surface area contributed by atoms with Gasteiger partial charge in [-0.1, -0.05) is 0 Å². The molecule has 0 amide bonds. The van der Waals surface area contributed by atoms with Crippen LogP contribution >= 0.6 is 0 Å². The van der Waals surface area contributed by atoms with Crippen molar-refractivity contribution in [2.45, 2.75) is 45.8 Å². The quantitative estimate of drug-likeness (QED) is 0.415. The third-order valence-electron chi connectivity index (χ3n) is 7.13. The smallest absolute Gasteiger partial charge is 0.225 e. The number of benzene rings is 1. The maximum Gasteiger partial charge on any atom is 0.225 e. The van der Waals surface area contributed by atoms with Crippen LogP contribution in [0.3, 0.4) is 0 Å². The van der Waals surface area contributed by atoms with Gasteiger partial charge in [-0.25, -0.2) is 24.3 Å². The normalized spacial score (nSPS) is 18.8. The summed E-state index contributed by atoms with van der Waals surface area (Å²) in [7, 11) is 0. The Balaban J connectivity index is 1.34. The number of rotatable bonds is 5. The van der Waals surface area contributed by atoms with E-state index in [4.69, 9.17) is 9.72 Å². The highest BCUT2D eigenvalue weighted by Gasteiger charge is 2.25. The van der Waals surface area contributed by atoms with Crippen LogP contribution in [0.15, 0.2) is 30.9 Å². The molecule has 1 aromatic carbocycles. The molecule has 0 radical (unpaired) electrons. The van der Waals surface area contributed by atoms with Gasteiger partial charge in [0.2, 0.25) is 11.9 Å². The molecule has 38 heavy (non-hydrogen) atoms. The number of anilines is 2. The summed E-state index contributed by atoms with van der Waals surface area (Å²) in [6.07, 6.45) is 5.69. The van der Waals surface area contributed by atoms with Gasteiger partial charge in [0.25, 0.3) is 0 Å². The molecule has 0 saturated carbocycles. The second-order valence-electron chi connectivity index (χ2n) is 9.92. The molecule has 2 atom stereocenters. The third kappa shape index (κ3) is 4.16. The molecule has 2 aliphatic heterocycles. The van der Waals surface area contributed by atoms with Crippen LogP contribution in [-0.2, 0) is 13.0 Å². The van der Waals surface area contributed by atoms with Crippen LogP contribution in [-0.4, -0.2) is 56.1 Å². The molecule has 3 aromatic heterocycles. The largest absolute Gasteiger partial charge is 0.493 e. The number of aryl methyl sites for hydroxylation is 1. The average Bonchev–Trinajstić information content (AvgIpc) is 3.55. The molecule has 11 heteroatoms. The van der Waals surface area contributed by atoms with Crippen molar-refractivity contribution in [3.8, 4) is 22.9 Å². The number of nitrogens with zero attached hydrogens (tertiary/aromatic N) is 7. The second-order valence-corrected chi connectivity index (χ2v) is 9.92. The highest BCUT2D eigenvalue weighted by molar-refractivity contribution is 5.85. The lowest BCUT2D eigenvalue weighted by atomic mass is 10.0. The maximum atomic E-state index is 14.7.